The average molecular weight is 432 g/mol. The second-order valence-electron chi connectivity index (χ2n) is 5.38. The lowest BCUT2D eigenvalue weighted by Gasteiger charge is -2.11. The van der Waals surface area contributed by atoms with E-state index in [1.165, 1.54) is 28.9 Å². The molecule has 146 valence electrons. The Balaban J connectivity index is 1.68. The molecule has 1 heterocycles. The van der Waals surface area contributed by atoms with Crippen LogP contribution in [-0.4, -0.2) is 31.9 Å². The molecular weight excluding hydrogens is 422 g/mol. The fourth-order valence-corrected chi connectivity index (χ4v) is 2.98. The lowest BCUT2D eigenvalue weighted by Crippen LogP contribution is -2.16. The Morgan fingerprint density at radius 1 is 1.18 bits per heavy atom. The molecule has 3 rings (SSSR count). The third-order valence-electron chi connectivity index (χ3n) is 3.41. The fourth-order valence-electron chi connectivity index (χ4n) is 2.13. The molecule has 0 bridgehead atoms. The number of thioether (sulfide) groups is 1. The van der Waals surface area contributed by atoms with Gasteiger partial charge in [-0.25, -0.2) is 4.39 Å². The number of tetrazole rings is 1. The van der Waals surface area contributed by atoms with Gasteiger partial charge in [-0.15, -0.1) is 5.10 Å². The van der Waals surface area contributed by atoms with Crippen LogP contribution in [0.1, 0.15) is 5.56 Å². The van der Waals surface area contributed by atoms with Crippen LogP contribution in [0.3, 0.4) is 0 Å². The highest BCUT2D eigenvalue weighted by Gasteiger charge is 2.31. The third kappa shape index (κ3) is 4.78. The number of carbonyl (C=O) groups is 1. The first-order valence-electron chi connectivity index (χ1n) is 7.58. The third-order valence-corrected chi connectivity index (χ3v) is 4.66. The van der Waals surface area contributed by atoms with Gasteiger partial charge in [-0.2, -0.15) is 17.9 Å². The number of hydrogen-bond donors (Lipinski definition) is 1. The molecule has 0 saturated heterocycles. The van der Waals surface area contributed by atoms with Gasteiger partial charge in [0.05, 0.1) is 27.7 Å². The van der Waals surface area contributed by atoms with Crippen molar-refractivity contribution < 1.29 is 22.4 Å². The van der Waals surface area contributed by atoms with Crippen LogP contribution in [0.2, 0.25) is 5.02 Å². The predicted octanol–water partition coefficient (Wildman–Crippen LogP) is 4.20. The molecule has 0 saturated carbocycles. The maximum absolute atomic E-state index is 13.0. The van der Waals surface area contributed by atoms with E-state index in [9.17, 15) is 22.4 Å². The van der Waals surface area contributed by atoms with Crippen LogP contribution >= 0.6 is 23.4 Å². The molecule has 28 heavy (non-hydrogen) atoms. The van der Waals surface area contributed by atoms with Crippen LogP contribution in [-0.2, 0) is 11.0 Å². The van der Waals surface area contributed by atoms with Crippen LogP contribution in [0, 0.1) is 5.82 Å². The van der Waals surface area contributed by atoms with Crippen molar-refractivity contribution in [3.05, 3.63) is 58.9 Å². The quantitative estimate of drug-likeness (QED) is 0.484. The van der Waals surface area contributed by atoms with E-state index in [4.69, 9.17) is 11.6 Å². The van der Waals surface area contributed by atoms with Crippen LogP contribution < -0.4 is 5.32 Å². The summed E-state index contributed by atoms with van der Waals surface area (Å²) < 4.78 is 52.7. The molecule has 0 unspecified atom stereocenters. The number of rotatable bonds is 5. The summed E-state index contributed by atoms with van der Waals surface area (Å²) in [5, 5.41) is 13.6. The predicted molar refractivity (Wildman–Crippen MR) is 94.9 cm³/mol. The van der Waals surface area contributed by atoms with Crippen molar-refractivity contribution in [2.75, 3.05) is 11.1 Å². The van der Waals surface area contributed by atoms with Crippen molar-refractivity contribution in [1.82, 2.24) is 20.2 Å². The van der Waals surface area contributed by atoms with Gasteiger partial charge >= 0.3 is 6.18 Å². The highest BCUT2D eigenvalue weighted by atomic mass is 35.5. The number of anilines is 1. The first-order valence-corrected chi connectivity index (χ1v) is 8.94. The van der Waals surface area contributed by atoms with Crippen LogP contribution in [0.15, 0.2) is 47.6 Å². The van der Waals surface area contributed by atoms with Crippen molar-refractivity contribution >= 4 is 35.0 Å². The van der Waals surface area contributed by atoms with Gasteiger partial charge in [0.25, 0.3) is 0 Å². The summed E-state index contributed by atoms with van der Waals surface area (Å²) in [4.78, 5) is 12.1. The van der Waals surface area contributed by atoms with Gasteiger partial charge in [0.1, 0.15) is 5.82 Å². The number of amides is 1. The number of nitrogens with zero attached hydrogens (tertiary/aromatic N) is 4. The summed E-state index contributed by atoms with van der Waals surface area (Å²) in [6, 6.07) is 8.01. The summed E-state index contributed by atoms with van der Waals surface area (Å²) in [7, 11) is 0. The van der Waals surface area contributed by atoms with Crippen molar-refractivity contribution in [2.24, 2.45) is 0 Å². The summed E-state index contributed by atoms with van der Waals surface area (Å²) in [5.74, 6) is -1.21. The molecule has 0 radical (unpaired) electrons. The molecular formula is C16H10ClF4N5OS. The van der Waals surface area contributed by atoms with E-state index in [1.54, 1.807) is 0 Å². The molecule has 0 atom stereocenters. The number of carbonyl (C=O) groups excluding carboxylic acids is 1. The number of aromatic nitrogens is 4. The molecule has 1 amide bonds. The Morgan fingerprint density at radius 3 is 2.57 bits per heavy atom. The van der Waals surface area contributed by atoms with E-state index >= 15 is 0 Å². The largest absolute Gasteiger partial charge is 0.416 e. The molecule has 2 aromatic carbocycles. The van der Waals surface area contributed by atoms with Gasteiger partial charge in [-0.3, -0.25) is 4.79 Å². The molecule has 1 aromatic heterocycles. The van der Waals surface area contributed by atoms with Gasteiger partial charge in [0.2, 0.25) is 11.1 Å². The van der Waals surface area contributed by atoms with E-state index in [2.05, 4.69) is 20.8 Å². The van der Waals surface area contributed by atoms with Crippen LogP contribution in [0.25, 0.3) is 5.69 Å². The molecule has 1 N–H and O–H groups in total. The zero-order chi connectivity index (χ0) is 20.3. The minimum Gasteiger partial charge on any atom is -0.324 e. The van der Waals surface area contributed by atoms with Crippen molar-refractivity contribution in [1.29, 1.82) is 0 Å². The molecule has 0 aliphatic rings. The minimum atomic E-state index is -4.56. The molecule has 6 nitrogen and oxygen atoms in total. The van der Waals surface area contributed by atoms with E-state index in [0.29, 0.717) is 5.69 Å². The Labute approximate surface area is 164 Å². The first-order chi connectivity index (χ1) is 13.2. The number of alkyl halides is 3. The smallest absolute Gasteiger partial charge is 0.324 e. The second kappa shape index (κ2) is 8.15. The SMILES string of the molecule is O=C(CSc1nnnn1-c1ccc(F)cc1)Nc1cc(C(F)(F)F)ccc1Cl. The average Bonchev–Trinajstić information content (AvgIpc) is 3.10. The molecule has 3 aromatic rings. The molecule has 0 aliphatic heterocycles. The summed E-state index contributed by atoms with van der Waals surface area (Å²) >= 11 is 6.80. The van der Waals surface area contributed by atoms with Gasteiger partial charge in [-0.1, -0.05) is 23.4 Å². The summed E-state index contributed by atoms with van der Waals surface area (Å²) in [5.41, 5.74) is -0.601. The molecule has 0 spiro atoms. The van der Waals surface area contributed by atoms with Crippen LogP contribution in [0.5, 0.6) is 0 Å². The summed E-state index contributed by atoms with van der Waals surface area (Å²) in [6.45, 7) is 0. The lowest BCUT2D eigenvalue weighted by molar-refractivity contribution is -0.137. The van der Waals surface area contributed by atoms with E-state index in [-0.39, 0.29) is 21.6 Å². The lowest BCUT2D eigenvalue weighted by atomic mass is 10.2. The Kier molecular flexibility index (Phi) is 5.84. The Morgan fingerprint density at radius 2 is 1.89 bits per heavy atom. The minimum absolute atomic E-state index is 0.0255. The van der Waals surface area contributed by atoms with Crippen molar-refractivity contribution in [3.8, 4) is 5.69 Å². The van der Waals surface area contributed by atoms with Gasteiger partial charge in [0.15, 0.2) is 0 Å². The van der Waals surface area contributed by atoms with E-state index < -0.39 is 23.5 Å². The Hall–Kier alpha value is -2.66. The Bertz CT molecular complexity index is 993. The number of benzene rings is 2. The first kappa shape index (κ1) is 20.1. The zero-order valence-corrected chi connectivity index (χ0v) is 15.3. The topological polar surface area (TPSA) is 72.7 Å². The fraction of sp³-hybridized carbons (Fsp3) is 0.125. The molecule has 12 heteroatoms. The number of halogens is 5. The summed E-state index contributed by atoms with van der Waals surface area (Å²) in [6.07, 6.45) is -4.56. The number of hydrogen-bond acceptors (Lipinski definition) is 5. The van der Waals surface area contributed by atoms with E-state index in [0.717, 1.165) is 30.0 Å². The van der Waals surface area contributed by atoms with Gasteiger partial charge in [-0.05, 0) is 52.9 Å². The zero-order valence-electron chi connectivity index (χ0n) is 13.7. The van der Waals surface area contributed by atoms with E-state index in [1.807, 2.05) is 0 Å². The number of nitrogens with one attached hydrogen (secondary N) is 1. The van der Waals surface area contributed by atoms with Gasteiger partial charge < -0.3 is 5.32 Å². The molecule has 0 fully saturated rings. The standard InChI is InChI=1S/C16H10ClF4N5OS/c17-12-6-1-9(16(19,20)21)7-13(12)22-14(27)8-28-15-23-24-25-26(15)11-4-2-10(18)3-5-11/h1-7H,8H2,(H,22,27). The van der Waals surface area contributed by atoms with Crippen LogP contribution in [0.4, 0.5) is 23.2 Å². The van der Waals surface area contributed by atoms with Crippen molar-refractivity contribution in [3.63, 3.8) is 0 Å². The van der Waals surface area contributed by atoms with Crippen molar-refractivity contribution in [2.45, 2.75) is 11.3 Å². The normalized spacial score (nSPS) is 11.5. The monoisotopic (exact) mass is 431 g/mol. The molecule has 0 aliphatic carbocycles. The highest BCUT2D eigenvalue weighted by molar-refractivity contribution is 7.99. The maximum Gasteiger partial charge on any atom is 0.416 e. The van der Waals surface area contributed by atoms with Gasteiger partial charge in [0, 0.05) is 0 Å². The maximum atomic E-state index is 13.0. The highest BCUT2D eigenvalue weighted by Crippen LogP contribution is 2.34. The second-order valence-corrected chi connectivity index (χ2v) is 6.73.